The van der Waals surface area contributed by atoms with Crippen molar-refractivity contribution in [3.8, 4) is 0 Å². The summed E-state index contributed by atoms with van der Waals surface area (Å²) in [5.74, 6) is 1.91. The Morgan fingerprint density at radius 1 is 1.32 bits per heavy atom. The van der Waals surface area contributed by atoms with Crippen molar-refractivity contribution in [3.05, 3.63) is 29.6 Å². The van der Waals surface area contributed by atoms with E-state index in [4.69, 9.17) is 10.1 Å². The van der Waals surface area contributed by atoms with E-state index >= 15 is 0 Å². The van der Waals surface area contributed by atoms with Gasteiger partial charge in [0.15, 0.2) is 0 Å². The number of hydrogen-bond acceptors (Lipinski definition) is 2. The van der Waals surface area contributed by atoms with Crippen molar-refractivity contribution in [1.29, 1.82) is 0 Å². The van der Waals surface area contributed by atoms with Crippen LogP contribution in [0.5, 0.6) is 0 Å². The van der Waals surface area contributed by atoms with E-state index in [1.54, 1.807) is 0 Å². The van der Waals surface area contributed by atoms with Gasteiger partial charge in [-0.05, 0) is 43.4 Å². The summed E-state index contributed by atoms with van der Waals surface area (Å²) in [6.07, 6.45) is 7.02. The highest BCUT2D eigenvalue weighted by Crippen LogP contribution is 2.34. The quantitative estimate of drug-likeness (QED) is 0.914. The smallest absolute Gasteiger partial charge is 0.112 e. The lowest BCUT2D eigenvalue weighted by atomic mass is 10.1. The van der Waals surface area contributed by atoms with Gasteiger partial charge < -0.3 is 9.67 Å². The number of imidazole rings is 1. The number of hydrogen-bond donors (Lipinski definition) is 1. The highest BCUT2D eigenvalue weighted by Gasteiger charge is 2.22. The molecule has 0 aliphatic heterocycles. The fourth-order valence-electron chi connectivity index (χ4n) is 3.25. The zero-order valence-corrected chi connectivity index (χ0v) is 11.6. The molecule has 102 valence electrons. The molecule has 1 aliphatic carbocycles. The van der Waals surface area contributed by atoms with Gasteiger partial charge in [-0.3, -0.25) is 0 Å². The molecule has 1 N–H and O–H groups in total. The molecule has 0 radical (unpaired) electrons. The molecule has 0 amide bonds. The van der Waals surface area contributed by atoms with E-state index in [0.29, 0.717) is 5.92 Å². The van der Waals surface area contributed by atoms with Crippen LogP contribution >= 0.6 is 0 Å². The third-order valence-corrected chi connectivity index (χ3v) is 4.32. The number of benzene rings is 1. The molecule has 1 fully saturated rings. The fraction of sp³-hybridized carbons (Fsp3) is 0.562. The second-order valence-electron chi connectivity index (χ2n) is 5.66. The number of nitrogens with zero attached hydrogens (tertiary/aromatic N) is 2. The summed E-state index contributed by atoms with van der Waals surface area (Å²) in [6.45, 7) is 0.258. The average molecular weight is 258 g/mol. The molecule has 2 aromatic rings. The van der Waals surface area contributed by atoms with Crippen molar-refractivity contribution in [2.24, 2.45) is 7.05 Å². The van der Waals surface area contributed by atoms with Crippen molar-refractivity contribution in [2.45, 2.75) is 44.4 Å². The monoisotopic (exact) mass is 258 g/mol. The molecule has 1 aliphatic rings. The van der Waals surface area contributed by atoms with Gasteiger partial charge in [-0.1, -0.05) is 18.9 Å². The molecule has 0 saturated heterocycles. The molecule has 0 spiro atoms. The van der Waals surface area contributed by atoms with Crippen LogP contribution in [-0.2, 0) is 13.5 Å². The molecule has 1 aromatic carbocycles. The Kier molecular flexibility index (Phi) is 3.56. The zero-order chi connectivity index (χ0) is 13.2. The van der Waals surface area contributed by atoms with Crippen LogP contribution in [0.3, 0.4) is 0 Å². The van der Waals surface area contributed by atoms with Crippen molar-refractivity contribution < 1.29 is 5.11 Å². The van der Waals surface area contributed by atoms with Crippen LogP contribution in [0, 0.1) is 0 Å². The minimum absolute atomic E-state index is 0.258. The summed E-state index contributed by atoms with van der Waals surface area (Å²) >= 11 is 0. The molecule has 1 heterocycles. The maximum atomic E-state index is 8.91. The van der Waals surface area contributed by atoms with Gasteiger partial charge >= 0.3 is 0 Å². The SMILES string of the molecule is Cn1c(C2CCCC2)nc2cc(CCCO)ccc21. The van der Waals surface area contributed by atoms with Gasteiger partial charge in [-0.2, -0.15) is 0 Å². The predicted octanol–water partition coefficient (Wildman–Crippen LogP) is 3.16. The molecular formula is C16H22N2O. The summed E-state index contributed by atoms with van der Waals surface area (Å²) in [6, 6.07) is 6.52. The van der Waals surface area contributed by atoms with Gasteiger partial charge in [0, 0.05) is 19.6 Å². The molecule has 3 heteroatoms. The van der Waals surface area contributed by atoms with Crippen LogP contribution in [-0.4, -0.2) is 21.3 Å². The first kappa shape index (κ1) is 12.7. The van der Waals surface area contributed by atoms with Gasteiger partial charge in [-0.25, -0.2) is 4.98 Å². The van der Waals surface area contributed by atoms with Crippen molar-refractivity contribution >= 4 is 11.0 Å². The van der Waals surface area contributed by atoms with Crippen LogP contribution in [0.25, 0.3) is 11.0 Å². The number of aromatic nitrogens is 2. The van der Waals surface area contributed by atoms with Crippen LogP contribution in [0.1, 0.15) is 49.4 Å². The largest absolute Gasteiger partial charge is 0.396 e. The third-order valence-electron chi connectivity index (χ3n) is 4.32. The van der Waals surface area contributed by atoms with Crippen LogP contribution in [0.15, 0.2) is 18.2 Å². The standard InChI is InChI=1S/C16H22N2O/c1-18-15-9-8-12(5-4-10-19)11-14(15)17-16(18)13-6-2-3-7-13/h8-9,11,13,19H,2-7,10H2,1H3. The summed E-state index contributed by atoms with van der Waals surface area (Å²) in [5.41, 5.74) is 3.62. The first-order valence-corrected chi connectivity index (χ1v) is 7.35. The Hall–Kier alpha value is -1.35. The maximum Gasteiger partial charge on any atom is 0.112 e. The first-order valence-electron chi connectivity index (χ1n) is 7.35. The Balaban J connectivity index is 1.95. The second-order valence-corrected chi connectivity index (χ2v) is 5.66. The first-order chi connectivity index (χ1) is 9.29. The minimum atomic E-state index is 0.258. The summed E-state index contributed by atoms with van der Waals surface area (Å²) < 4.78 is 2.27. The fourth-order valence-corrected chi connectivity index (χ4v) is 3.25. The van der Waals surface area contributed by atoms with Gasteiger partial charge in [0.2, 0.25) is 0 Å². The number of aryl methyl sites for hydroxylation is 2. The van der Waals surface area contributed by atoms with Crippen LogP contribution in [0.2, 0.25) is 0 Å². The lowest BCUT2D eigenvalue weighted by molar-refractivity contribution is 0.288. The van der Waals surface area contributed by atoms with Crippen LogP contribution < -0.4 is 0 Å². The van der Waals surface area contributed by atoms with E-state index in [-0.39, 0.29) is 6.61 Å². The topological polar surface area (TPSA) is 38.0 Å². The van der Waals surface area contributed by atoms with E-state index in [1.165, 1.54) is 42.6 Å². The van der Waals surface area contributed by atoms with E-state index in [0.717, 1.165) is 18.4 Å². The molecule has 3 nitrogen and oxygen atoms in total. The van der Waals surface area contributed by atoms with Gasteiger partial charge in [0.25, 0.3) is 0 Å². The van der Waals surface area contributed by atoms with E-state index in [2.05, 4.69) is 29.8 Å². The Bertz CT molecular complexity index is 567. The molecule has 0 bridgehead atoms. The number of aliphatic hydroxyl groups excluding tert-OH is 1. The van der Waals surface area contributed by atoms with Gasteiger partial charge in [0.1, 0.15) is 5.82 Å². The normalized spacial score (nSPS) is 16.5. The average Bonchev–Trinajstić information content (AvgIpc) is 3.04. The summed E-state index contributed by atoms with van der Waals surface area (Å²) in [5, 5.41) is 8.91. The zero-order valence-electron chi connectivity index (χ0n) is 11.6. The second kappa shape index (κ2) is 5.33. The molecule has 0 unspecified atom stereocenters. The lowest BCUT2D eigenvalue weighted by Gasteiger charge is -2.08. The Morgan fingerprint density at radius 3 is 2.84 bits per heavy atom. The molecule has 3 rings (SSSR count). The Morgan fingerprint density at radius 2 is 2.11 bits per heavy atom. The van der Waals surface area contributed by atoms with Crippen molar-refractivity contribution in [1.82, 2.24) is 9.55 Å². The molecular weight excluding hydrogens is 236 g/mol. The molecule has 1 saturated carbocycles. The summed E-state index contributed by atoms with van der Waals surface area (Å²) in [4.78, 5) is 4.86. The van der Waals surface area contributed by atoms with Gasteiger partial charge in [-0.15, -0.1) is 0 Å². The van der Waals surface area contributed by atoms with Crippen LogP contribution in [0.4, 0.5) is 0 Å². The molecule has 19 heavy (non-hydrogen) atoms. The maximum absolute atomic E-state index is 8.91. The molecule has 1 aromatic heterocycles. The Labute approximate surface area is 114 Å². The minimum Gasteiger partial charge on any atom is -0.396 e. The van der Waals surface area contributed by atoms with E-state index in [1.807, 2.05) is 0 Å². The summed E-state index contributed by atoms with van der Waals surface area (Å²) in [7, 11) is 2.14. The highest BCUT2D eigenvalue weighted by atomic mass is 16.2. The van der Waals surface area contributed by atoms with Gasteiger partial charge in [0.05, 0.1) is 11.0 Å². The van der Waals surface area contributed by atoms with Crippen molar-refractivity contribution in [3.63, 3.8) is 0 Å². The third kappa shape index (κ3) is 2.39. The van der Waals surface area contributed by atoms with E-state index < -0.39 is 0 Å². The number of aliphatic hydroxyl groups is 1. The molecule has 0 atom stereocenters. The lowest BCUT2D eigenvalue weighted by Crippen LogP contribution is -2.02. The number of fused-ring (bicyclic) bond motifs is 1. The van der Waals surface area contributed by atoms with E-state index in [9.17, 15) is 0 Å². The predicted molar refractivity (Wildman–Crippen MR) is 77.3 cm³/mol. The number of rotatable bonds is 4. The van der Waals surface area contributed by atoms with Crippen molar-refractivity contribution in [2.75, 3.05) is 6.61 Å². The highest BCUT2D eigenvalue weighted by molar-refractivity contribution is 5.77.